The molecular formula is C15H16N2O4. The number of carboxylic acid groups (broad SMARTS) is 1. The van der Waals surface area contributed by atoms with Crippen molar-refractivity contribution in [3.8, 4) is 5.75 Å². The predicted molar refractivity (Wildman–Crippen MR) is 77.5 cm³/mol. The summed E-state index contributed by atoms with van der Waals surface area (Å²) in [6.45, 7) is 1.71. The van der Waals surface area contributed by atoms with Crippen LogP contribution in [0.3, 0.4) is 0 Å². The first-order valence-corrected chi connectivity index (χ1v) is 6.47. The number of aromatic amines is 1. The van der Waals surface area contributed by atoms with Gasteiger partial charge in [-0.1, -0.05) is 18.2 Å². The summed E-state index contributed by atoms with van der Waals surface area (Å²) in [7, 11) is 0. The zero-order valence-electron chi connectivity index (χ0n) is 11.5. The number of anilines is 1. The highest BCUT2D eigenvalue weighted by Crippen LogP contribution is 2.19. The highest BCUT2D eigenvalue weighted by molar-refractivity contribution is 5.99. The molecule has 0 unspecified atom stereocenters. The Morgan fingerprint density at radius 1 is 1.29 bits per heavy atom. The molecule has 0 aliphatic carbocycles. The maximum absolute atomic E-state index is 11.9. The molecule has 2 aromatic rings. The molecule has 6 heteroatoms. The van der Waals surface area contributed by atoms with Crippen molar-refractivity contribution in [2.75, 3.05) is 5.32 Å². The van der Waals surface area contributed by atoms with Gasteiger partial charge >= 0.3 is 5.97 Å². The predicted octanol–water partition coefficient (Wildman–Crippen LogP) is 2.30. The topological polar surface area (TPSA) is 102 Å². The SMILES string of the molecule is Cc1cc(NC(=O)CCc2ccccc2O)c(C(=O)O)[nH]1. The first kappa shape index (κ1) is 14.6. The lowest BCUT2D eigenvalue weighted by atomic mass is 10.1. The van der Waals surface area contributed by atoms with E-state index >= 15 is 0 Å². The first-order chi connectivity index (χ1) is 9.97. The van der Waals surface area contributed by atoms with Gasteiger partial charge in [0.1, 0.15) is 11.4 Å². The van der Waals surface area contributed by atoms with Gasteiger partial charge in [-0.2, -0.15) is 0 Å². The average molecular weight is 288 g/mol. The van der Waals surface area contributed by atoms with E-state index in [-0.39, 0.29) is 29.5 Å². The van der Waals surface area contributed by atoms with Crippen molar-refractivity contribution in [1.29, 1.82) is 0 Å². The lowest BCUT2D eigenvalue weighted by Gasteiger charge is -2.06. The highest BCUT2D eigenvalue weighted by atomic mass is 16.4. The van der Waals surface area contributed by atoms with Crippen molar-refractivity contribution in [1.82, 2.24) is 4.98 Å². The van der Waals surface area contributed by atoms with E-state index < -0.39 is 5.97 Å². The molecule has 2 rings (SSSR count). The summed E-state index contributed by atoms with van der Waals surface area (Å²) in [6, 6.07) is 8.37. The molecule has 1 heterocycles. The fourth-order valence-corrected chi connectivity index (χ4v) is 2.04. The molecule has 0 saturated carbocycles. The summed E-state index contributed by atoms with van der Waals surface area (Å²) < 4.78 is 0. The number of aromatic nitrogens is 1. The van der Waals surface area contributed by atoms with E-state index in [2.05, 4.69) is 10.3 Å². The van der Waals surface area contributed by atoms with Gasteiger partial charge in [-0.15, -0.1) is 0 Å². The number of carbonyl (C=O) groups excluding carboxylic acids is 1. The maximum Gasteiger partial charge on any atom is 0.354 e. The number of aromatic carboxylic acids is 1. The number of H-pyrrole nitrogens is 1. The third-order valence-electron chi connectivity index (χ3n) is 3.05. The number of para-hydroxylation sites is 1. The zero-order valence-corrected chi connectivity index (χ0v) is 11.5. The lowest BCUT2D eigenvalue weighted by Crippen LogP contribution is -2.14. The van der Waals surface area contributed by atoms with Gasteiger partial charge < -0.3 is 20.5 Å². The second kappa shape index (κ2) is 6.13. The molecule has 1 amide bonds. The molecule has 21 heavy (non-hydrogen) atoms. The smallest absolute Gasteiger partial charge is 0.354 e. The van der Waals surface area contributed by atoms with Crippen LogP contribution in [0.2, 0.25) is 0 Å². The Hall–Kier alpha value is -2.76. The van der Waals surface area contributed by atoms with Crippen molar-refractivity contribution in [2.45, 2.75) is 19.8 Å². The standard InChI is InChI=1S/C15H16N2O4/c1-9-8-11(14(16-9)15(20)21)17-13(19)7-6-10-4-2-3-5-12(10)18/h2-5,8,16,18H,6-7H2,1H3,(H,17,19)(H,20,21). The van der Waals surface area contributed by atoms with Crippen LogP contribution in [0.5, 0.6) is 5.75 Å². The van der Waals surface area contributed by atoms with Crippen LogP contribution >= 0.6 is 0 Å². The third kappa shape index (κ3) is 3.62. The van der Waals surface area contributed by atoms with Crippen LogP contribution in [0.25, 0.3) is 0 Å². The van der Waals surface area contributed by atoms with Crippen molar-refractivity contribution < 1.29 is 19.8 Å². The average Bonchev–Trinajstić information content (AvgIpc) is 2.79. The number of carbonyl (C=O) groups is 2. The Morgan fingerprint density at radius 3 is 2.67 bits per heavy atom. The summed E-state index contributed by atoms with van der Waals surface area (Å²) in [5, 5.41) is 21.2. The van der Waals surface area contributed by atoms with Gasteiger partial charge in [0, 0.05) is 12.1 Å². The third-order valence-corrected chi connectivity index (χ3v) is 3.05. The molecule has 0 bridgehead atoms. The quantitative estimate of drug-likeness (QED) is 0.678. The summed E-state index contributed by atoms with van der Waals surface area (Å²) in [5.41, 5.74) is 1.55. The van der Waals surface area contributed by atoms with E-state index in [4.69, 9.17) is 5.11 Å². The van der Waals surface area contributed by atoms with Gasteiger partial charge in [0.25, 0.3) is 0 Å². The fourth-order valence-electron chi connectivity index (χ4n) is 2.04. The molecule has 0 aliphatic heterocycles. The van der Waals surface area contributed by atoms with Crippen LogP contribution in [0.1, 0.15) is 28.2 Å². The normalized spacial score (nSPS) is 10.3. The first-order valence-electron chi connectivity index (χ1n) is 6.47. The van der Waals surface area contributed by atoms with Gasteiger partial charge in [0.15, 0.2) is 0 Å². The Morgan fingerprint density at radius 2 is 2.00 bits per heavy atom. The Kier molecular flexibility index (Phi) is 4.27. The number of carboxylic acids is 1. The molecule has 1 aromatic heterocycles. The molecule has 0 spiro atoms. The summed E-state index contributed by atoms with van der Waals surface area (Å²) >= 11 is 0. The van der Waals surface area contributed by atoms with Crippen LogP contribution < -0.4 is 5.32 Å². The monoisotopic (exact) mass is 288 g/mol. The molecule has 1 aromatic carbocycles. The summed E-state index contributed by atoms with van der Waals surface area (Å²) in [5.74, 6) is -1.28. The zero-order chi connectivity index (χ0) is 15.4. The Bertz CT molecular complexity index is 676. The number of hydrogen-bond acceptors (Lipinski definition) is 3. The molecule has 0 atom stereocenters. The fraction of sp³-hybridized carbons (Fsp3) is 0.200. The van der Waals surface area contributed by atoms with E-state index in [1.165, 1.54) is 0 Å². The van der Waals surface area contributed by atoms with E-state index in [0.29, 0.717) is 17.7 Å². The van der Waals surface area contributed by atoms with Gasteiger partial charge in [-0.25, -0.2) is 4.79 Å². The number of hydrogen-bond donors (Lipinski definition) is 4. The molecule has 0 radical (unpaired) electrons. The van der Waals surface area contributed by atoms with Crippen LogP contribution in [0.4, 0.5) is 5.69 Å². The Labute approximate surface area is 121 Å². The number of nitrogens with one attached hydrogen (secondary N) is 2. The molecule has 0 aliphatic rings. The van der Waals surface area contributed by atoms with Crippen LogP contribution in [0, 0.1) is 6.92 Å². The minimum absolute atomic E-state index is 0.0385. The lowest BCUT2D eigenvalue weighted by molar-refractivity contribution is -0.116. The van der Waals surface area contributed by atoms with Crippen LogP contribution in [-0.2, 0) is 11.2 Å². The van der Waals surface area contributed by atoms with Crippen molar-refractivity contribution in [3.05, 3.63) is 47.3 Å². The van der Waals surface area contributed by atoms with Crippen molar-refractivity contribution in [2.24, 2.45) is 0 Å². The van der Waals surface area contributed by atoms with Crippen molar-refractivity contribution in [3.63, 3.8) is 0 Å². The summed E-state index contributed by atoms with van der Waals surface area (Å²) in [6.07, 6.45) is 0.533. The molecule has 0 saturated heterocycles. The number of benzene rings is 1. The number of amides is 1. The minimum Gasteiger partial charge on any atom is -0.508 e. The van der Waals surface area contributed by atoms with E-state index in [9.17, 15) is 14.7 Å². The van der Waals surface area contributed by atoms with Gasteiger partial charge in [0.05, 0.1) is 5.69 Å². The molecule has 110 valence electrons. The maximum atomic E-state index is 11.9. The molecule has 6 nitrogen and oxygen atoms in total. The molecule has 4 N–H and O–H groups in total. The Balaban J connectivity index is 1.99. The number of rotatable bonds is 5. The molecule has 0 fully saturated rings. The molecular weight excluding hydrogens is 272 g/mol. The number of phenolic OH excluding ortho intramolecular Hbond substituents is 1. The van der Waals surface area contributed by atoms with Gasteiger partial charge in [-0.05, 0) is 31.0 Å². The van der Waals surface area contributed by atoms with Gasteiger partial charge in [0.2, 0.25) is 5.91 Å². The number of aryl methyl sites for hydroxylation is 2. The number of aromatic hydroxyl groups is 1. The van der Waals surface area contributed by atoms with E-state index in [1.54, 1.807) is 37.3 Å². The van der Waals surface area contributed by atoms with Crippen LogP contribution in [-0.4, -0.2) is 27.1 Å². The minimum atomic E-state index is -1.13. The van der Waals surface area contributed by atoms with Crippen molar-refractivity contribution >= 4 is 17.6 Å². The van der Waals surface area contributed by atoms with Gasteiger partial charge in [-0.3, -0.25) is 4.79 Å². The summed E-state index contributed by atoms with van der Waals surface area (Å²) in [4.78, 5) is 25.6. The number of phenols is 1. The van der Waals surface area contributed by atoms with E-state index in [0.717, 1.165) is 0 Å². The largest absolute Gasteiger partial charge is 0.508 e. The second-order valence-electron chi connectivity index (χ2n) is 4.72. The highest BCUT2D eigenvalue weighted by Gasteiger charge is 2.15. The van der Waals surface area contributed by atoms with E-state index in [1.807, 2.05) is 0 Å². The van der Waals surface area contributed by atoms with Crippen LogP contribution in [0.15, 0.2) is 30.3 Å². The second-order valence-corrected chi connectivity index (χ2v) is 4.72.